The third-order valence-electron chi connectivity index (χ3n) is 2.68. The molecule has 0 atom stereocenters. The zero-order chi connectivity index (χ0) is 10.1. The predicted octanol–water partition coefficient (Wildman–Crippen LogP) is 1.89. The summed E-state index contributed by atoms with van der Waals surface area (Å²) in [4.78, 5) is 0. The molecule has 1 N–H and O–H groups in total. The first kappa shape index (κ1) is 9.12. The molecule has 1 saturated heterocycles. The van der Waals surface area contributed by atoms with Crippen LogP contribution >= 0.6 is 11.5 Å². The molecule has 1 aromatic carbocycles. The molecule has 78 valence electrons. The van der Waals surface area contributed by atoms with Crippen LogP contribution in [0.15, 0.2) is 24.4 Å². The van der Waals surface area contributed by atoms with E-state index in [1.807, 2.05) is 12.3 Å². The molecule has 2 heterocycles. The van der Waals surface area contributed by atoms with Gasteiger partial charge in [0.05, 0.1) is 11.3 Å². The zero-order valence-electron chi connectivity index (χ0n) is 8.27. The van der Waals surface area contributed by atoms with Crippen LogP contribution in [0.5, 0.6) is 5.75 Å². The monoisotopic (exact) mass is 220 g/mol. The maximum absolute atomic E-state index is 5.72. The molecule has 1 aliphatic heterocycles. The van der Waals surface area contributed by atoms with E-state index < -0.39 is 0 Å². The summed E-state index contributed by atoms with van der Waals surface area (Å²) in [6, 6.07) is 6.15. The smallest absolute Gasteiger partial charge is 0.120 e. The minimum atomic E-state index is 0.682. The lowest BCUT2D eigenvalue weighted by Crippen LogP contribution is -2.45. The minimum Gasteiger partial charge on any atom is -0.493 e. The van der Waals surface area contributed by atoms with Crippen LogP contribution in [0.25, 0.3) is 10.1 Å². The highest BCUT2D eigenvalue weighted by Gasteiger charge is 2.17. The first-order chi connectivity index (χ1) is 7.42. The van der Waals surface area contributed by atoms with Crippen LogP contribution in [-0.2, 0) is 0 Å². The molecule has 0 saturated carbocycles. The van der Waals surface area contributed by atoms with Crippen molar-refractivity contribution in [3.63, 3.8) is 0 Å². The van der Waals surface area contributed by atoms with Crippen LogP contribution in [0.3, 0.4) is 0 Å². The molecule has 1 aliphatic rings. The van der Waals surface area contributed by atoms with E-state index in [0.717, 1.165) is 25.4 Å². The number of nitrogens with zero attached hydrogens (tertiary/aromatic N) is 1. The second kappa shape index (κ2) is 3.79. The van der Waals surface area contributed by atoms with Crippen molar-refractivity contribution in [3.05, 3.63) is 24.4 Å². The van der Waals surface area contributed by atoms with Gasteiger partial charge in [-0.2, -0.15) is 4.37 Å². The third-order valence-corrected chi connectivity index (χ3v) is 3.46. The van der Waals surface area contributed by atoms with Gasteiger partial charge >= 0.3 is 0 Å². The molecule has 2 aromatic rings. The van der Waals surface area contributed by atoms with Crippen molar-refractivity contribution in [3.8, 4) is 5.75 Å². The van der Waals surface area contributed by atoms with E-state index in [2.05, 4.69) is 21.8 Å². The number of rotatable bonds is 3. The van der Waals surface area contributed by atoms with Crippen molar-refractivity contribution >= 4 is 21.6 Å². The van der Waals surface area contributed by atoms with Crippen LogP contribution in [0.2, 0.25) is 0 Å². The summed E-state index contributed by atoms with van der Waals surface area (Å²) in [7, 11) is 0. The fourth-order valence-corrected chi connectivity index (χ4v) is 2.25. The van der Waals surface area contributed by atoms with Gasteiger partial charge in [-0.05, 0) is 29.7 Å². The Bertz CT molecular complexity index is 464. The molecule has 0 spiro atoms. The van der Waals surface area contributed by atoms with Gasteiger partial charge in [0.25, 0.3) is 0 Å². The minimum absolute atomic E-state index is 0.682. The Kier molecular flexibility index (Phi) is 2.31. The molecule has 1 aromatic heterocycles. The van der Waals surface area contributed by atoms with Crippen LogP contribution in [0, 0.1) is 5.92 Å². The average molecular weight is 220 g/mol. The Balaban J connectivity index is 1.72. The van der Waals surface area contributed by atoms with E-state index in [1.54, 1.807) is 0 Å². The second-order valence-electron chi connectivity index (χ2n) is 3.86. The van der Waals surface area contributed by atoms with Gasteiger partial charge in [0, 0.05) is 30.6 Å². The number of ether oxygens (including phenoxy) is 1. The molecule has 1 fully saturated rings. The average Bonchev–Trinajstić information content (AvgIpc) is 2.62. The summed E-state index contributed by atoms with van der Waals surface area (Å²) in [6.45, 7) is 2.99. The molecule has 0 unspecified atom stereocenters. The van der Waals surface area contributed by atoms with E-state index in [0.29, 0.717) is 5.92 Å². The number of fused-ring (bicyclic) bond motifs is 1. The van der Waals surface area contributed by atoms with Gasteiger partial charge in [-0.25, -0.2) is 0 Å². The quantitative estimate of drug-likeness (QED) is 0.857. The van der Waals surface area contributed by atoms with Crippen LogP contribution < -0.4 is 10.1 Å². The summed E-state index contributed by atoms with van der Waals surface area (Å²) < 4.78 is 11.1. The van der Waals surface area contributed by atoms with Gasteiger partial charge in [0.15, 0.2) is 0 Å². The zero-order valence-corrected chi connectivity index (χ0v) is 9.09. The molecule has 15 heavy (non-hydrogen) atoms. The molecule has 0 aliphatic carbocycles. The normalized spacial score (nSPS) is 16.5. The number of aromatic nitrogens is 1. The van der Waals surface area contributed by atoms with E-state index >= 15 is 0 Å². The molecule has 0 bridgehead atoms. The van der Waals surface area contributed by atoms with Crippen molar-refractivity contribution in [1.82, 2.24) is 9.69 Å². The molecular formula is C11H12N2OS. The summed E-state index contributed by atoms with van der Waals surface area (Å²) >= 11 is 1.52. The molecule has 4 heteroatoms. The van der Waals surface area contributed by atoms with Crippen molar-refractivity contribution in [2.24, 2.45) is 5.92 Å². The van der Waals surface area contributed by atoms with Crippen LogP contribution in [0.4, 0.5) is 0 Å². The van der Waals surface area contributed by atoms with Crippen molar-refractivity contribution in [2.45, 2.75) is 0 Å². The fraction of sp³-hybridized carbons (Fsp3) is 0.364. The molecule has 3 nitrogen and oxygen atoms in total. The molecule has 0 radical (unpaired) electrons. The summed E-state index contributed by atoms with van der Waals surface area (Å²) in [5.41, 5.74) is 0. The fourth-order valence-electron chi connectivity index (χ4n) is 1.62. The molecule has 0 amide bonds. The third kappa shape index (κ3) is 1.82. The Hall–Kier alpha value is -1.13. The summed E-state index contributed by atoms with van der Waals surface area (Å²) in [5, 5.41) is 4.41. The predicted molar refractivity (Wildman–Crippen MR) is 61.5 cm³/mol. The van der Waals surface area contributed by atoms with Crippen molar-refractivity contribution < 1.29 is 4.74 Å². The van der Waals surface area contributed by atoms with Gasteiger partial charge in [0.1, 0.15) is 5.75 Å². The number of nitrogens with one attached hydrogen (secondary N) is 1. The Morgan fingerprint density at radius 1 is 1.47 bits per heavy atom. The highest BCUT2D eigenvalue weighted by atomic mass is 32.1. The largest absolute Gasteiger partial charge is 0.493 e. The van der Waals surface area contributed by atoms with Crippen molar-refractivity contribution in [1.29, 1.82) is 0 Å². The number of hydrogen-bond acceptors (Lipinski definition) is 4. The number of hydrogen-bond donors (Lipinski definition) is 1. The van der Waals surface area contributed by atoms with Gasteiger partial charge in [0.2, 0.25) is 0 Å². The van der Waals surface area contributed by atoms with E-state index in [4.69, 9.17) is 4.74 Å². The Morgan fingerprint density at radius 3 is 3.20 bits per heavy atom. The lowest BCUT2D eigenvalue weighted by molar-refractivity contribution is 0.199. The second-order valence-corrected chi connectivity index (χ2v) is 4.69. The topological polar surface area (TPSA) is 34.1 Å². The lowest BCUT2D eigenvalue weighted by Gasteiger charge is -2.26. The SMILES string of the molecule is c1cc2sncc2cc1OCC1CNC1. The molecule has 3 rings (SSSR count). The lowest BCUT2D eigenvalue weighted by atomic mass is 10.1. The molecular weight excluding hydrogens is 208 g/mol. The first-order valence-corrected chi connectivity index (χ1v) is 5.87. The van der Waals surface area contributed by atoms with Crippen molar-refractivity contribution in [2.75, 3.05) is 19.7 Å². The van der Waals surface area contributed by atoms with E-state index in [9.17, 15) is 0 Å². The van der Waals surface area contributed by atoms with Gasteiger partial charge in [-0.15, -0.1) is 0 Å². The number of benzene rings is 1. The van der Waals surface area contributed by atoms with Gasteiger partial charge in [-0.3, -0.25) is 0 Å². The summed E-state index contributed by atoms with van der Waals surface area (Å²) in [6.07, 6.45) is 1.89. The van der Waals surface area contributed by atoms with Crippen LogP contribution in [0.1, 0.15) is 0 Å². The maximum Gasteiger partial charge on any atom is 0.120 e. The van der Waals surface area contributed by atoms with E-state index in [1.165, 1.54) is 21.6 Å². The van der Waals surface area contributed by atoms with Crippen LogP contribution in [-0.4, -0.2) is 24.1 Å². The standard InChI is InChI=1S/C11H12N2OS/c1-2-11-9(6-13-15-11)3-10(1)14-7-8-4-12-5-8/h1-3,6,8,12H,4-5,7H2. The van der Waals surface area contributed by atoms with Gasteiger partial charge < -0.3 is 10.1 Å². The summed E-state index contributed by atoms with van der Waals surface area (Å²) in [5.74, 6) is 1.64. The highest BCUT2D eigenvalue weighted by molar-refractivity contribution is 7.13. The van der Waals surface area contributed by atoms with E-state index in [-0.39, 0.29) is 0 Å². The maximum atomic E-state index is 5.72. The highest BCUT2D eigenvalue weighted by Crippen LogP contribution is 2.23. The first-order valence-electron chi connectivity index (χ1n) is 5.10. The Morgan fingerprint density at radius 2 is 2.40 bits per heavy atom. The Labute approximate surface area is 92.2 Å². The van der Waals surface area contributed by atoms with Gasteiger partial charge in [-0.1, -0.05) is 0 Å².